The van der Waals surface area contributed by atoms with Crippen molar-refractivity contribution in [1.29, 1.82) is 0 Å². The summed E-state index contributed by atoms with van der Waals surface area (Å²) in [7, 11) is -3.70. The lowest BCUT2D eigenvalue weighted by atomic mass is 9.97. The number of carbonyl (C=O) groups excluding carboxylic acids is 1. The second kappa shape index (κ2) is 12.2. The van der Waals surface area contributed by atoms with Gasteiger partial charge < -0.3 is 9.47 Å². The van der Waals surface area contributed by atoms with Crippen LogP contribution in [0.15, 0.2) is 52.7 Å². The third kappa shape index (κ3) is 6.67. The molecule has 43 heavy (non-hydrogen) atoms. The van der Waals surface area contributed by atoms with Crippen LogP contribution in [0.4, 0.5) is 4.39 Å². The molecule has 2 aliphatic rings. The van der Waals surface area contributed by atoms with Gasteiger partial charge in [0.1, 0.15) is 16.5 Å². The zero-order valence-electron chi connectivity index (χ0n) is 24.2. The molecule has 6 rings (SSSR count). The van der Waals surface area contributed by atoms with Gasteiger partial charge >= 0.3 is 5.97 Å². The average Bonchev–Trinajstić information content (AvgIpc) is 3.31. The number of hydrogen-bond acceptors (Lipinski definition) is 8. The largest absolute Gasteiger partial charge is 0.490 e. The smallest absolute Gasteiger partial charge is 0.357 e. The molecule has 2 aromatic heterocycles. The van der Waals surface area contributed by atoms with Crippen LogP contribution in [-0.4, -0.2) is 48.1 Å². The first-order chi connectivity index (χ1) is 20.7. The molecule has 0 N–H and O–H groups in total. The Morgan fingerprint density at radius 1 is 1.12 bits per heavy atom. The van der Waals surface area contributed by atoms with Crippen molar-refractivity contribution in [3.05, 3.63) is 76.2 Å². The average molecular weight is 624 g/mol. The molecule has 2 aliphatic carbocycles. The molecule has 0 radical (unpaired) electrons. The summed E-state index contributed by atoms with van der Waals surface area (Å²) in [6.45, 7) is 2.00. The highest BCUT2D eigenvalue weighted by atomic mass is 32.2. The molecule has 0 unspecified atom stereocenters. The number of thiazole rings is 1. The molecule has 0 bridgehead atoms. The van der Waals surface area contributed by atoms with Gasteiger partial charge in [0.25, 0.3) is 0 Å². The van der Waals surface area contributed by atoms with Crippen LogP contribution >= 0.6 is 11.3 Å². The van der Waals surface area contributed by atoms with Crippen molar-refractivity contribution in [3.63, 3.8) is 0 Å². The number of hydrogen-bond donors (Lipinski definition) is 0. The fourth-order valence-electron chi connectivity index (χ4n) is 5.60. The number of carbonyl (C=O) groups is 1. The van der Waals surface area contributed by atoms with E-state index in [0.717, 1.165) is 60.9 Å². The standard InChI is InChI=1S/C32H34FN3O5S2/c1-3-40-31(37)27-19-42-32(34-27)36-28(17-20-11-12-20)25(15-21-13-14-29(26(33)16-21)43(2,38)39)30(35-36)22-7-6-10-24(18-22)41-23-8-4-5-9-23/h6-7,10,13-14,16,18-20,23H,3-5,8-9,11-12,15,17H2,1-2H3. The van der Waals surface area contributed by atoms with Gasteiger partial charge in [-0.25, -0.2) is 27.3 Å². The van der Waals surface area contributed by atoms with Crippen LogP contribution in [0.25, 0.3) is 16.4 Å². The van der Waals surface area contributed by atoms with Crippen LogP contribution in [0.1, 0.15) is 72.8 Å². The molecule has 2 saturated carbocycles. The van der Waals surface area contributed by atoms with E-state index in [9.17, 15) is 17.6 Å². The van der Waals surface area contributed by atoms with Gasteiger partial charge in [0, 0.05) is 29.2 Å². The Hall–Kier alpha value is -3.57. The zero-order chi connectivity index (χ0) is 30.1. The molecule has 11 heteroatoms. The maximum absolute atomic E-state index is 15.0. The van der Waals surface area contributed by atoms with E-state index in [1.807, 2.05) is 28.9 Å². The predicted octanol–water partition coefficient (Wildman–Crippen LogP) is 6.58. The summed E-state index contributed by atoms with van der Waals surface area (Å²) in [5, 5.41) is 7.28. The SMILES string of the molecule is CCOC(=O)c1csc(-n2nc(-c3cccc(OC4CCCC4)c3)c(Cc3ccc(S(C)(=O)=O)c(F)c3)c2CC2CC2)n1. The summed E-state index contributed by atoms with van der Waals surface area (Å²) < 4.78 is 52.3. The maximum Gasteiger partial charge on any atom is 0.357 e. The fraction of sp³-hybridized carbons (Fsp3) is 0.406. The highest BCUT2D eigenvalue weighted by molar-refractivity contribution is 7.90. The van der Waals surface area contributed by atoms with Gasteiger partial charge in [-0.1, -0.05) is 18.2 Å². The molecule has 2 heterocycles. The molecular formula is C32H34FN3O5S2. The molecule has 2 fully saturated rings. The quantitative estimate of drug-likeness (QED) is 0.174. The number of nitrogens with zero attached hydrogens (tertiary/aromatic N) is 3. The van der Waals surface area contributed by atoms with Crippen LogP contribution in [0.2, 0.25) is 0 Å². The summed E-state index contributed by atoms with van der Waals surface area (Å²) in [4.78, 5) is 16.7. The third-order valence-corrected chi connectivity index (χ3v) is 9.86. The molecule has 0 saturated heterocycles. The van der Waals surface area contributed by atoms with Crippen LogP contribution in [0, 0.1) is 11.7 Å². The van der Waals surface area contributed by atoms with E-state index in [4.69, 9.17) is 14.6 Å². The summed E-state index contributed by atoms with van der Waals surface area (Å²) >= 11 is 1.31. The second-order valence-electron chi connectivity index (χ2n) is 11.3. The minimum atomic E-state index is -3.70. The van der Waals surface area contributed by atoms with Gasteiger partial charge in [-0.3, -0.25) is 0 Å². The van der Waals surface area contributed by atoms with Crippen molar-refractivity contribution < 1.29 is 27.1 Å². The number of halogens is 1. The summed E-state index contributed by atoms with van der Waals surface area (Å²) in [5.41, 5.74) is 4.28. The second-order valence-corrected chi connectivity index (χ2v) is 14.2. The predicted molar refractivity (Wildman–Crippen MR) is 162 cm³/mol. The Bertz CT molecular complexity index is 1750. The van der Waals surface area contributed by atoms with Gasteiger partial charge in [-0.15, -0.1) is 11.3 Å². The van der Waals surface area contributed by atoms with Gasteiger partial charge in [-0.05, 0) is 87.6 Å². The van der Waals surface area contributed by atoms with E-state index in [-0.39, 0.29) is 23.3 Å². The lowest BCUT2D eigenvalue weighted by molar-refractivity contribution is 0.0520. The molecule has 0 aliphatic heterocycles. The van der Waals surface area contributed by atoms with E-state index in [1.165, 1.54) is 36.3 Å². The highest BCUT2D eigenvalue weighted by Crippen LogP contribution is 2.39. The van der Waals surface area contributed by atoms with Crippen LogP contribution in [-0.2, 0) is 27.4 Å². The van der Waals surface area contributed by atoms with Crippen molar-refractivity contribution >= 4 is 27.1 Å². The lowest BCUT2D eigenvalue weighted by Gasteiger charge is -2.14. The van der Waals surface area contributed by atoms with Gasteiger partial charge in [0.15, 0.2) is 15.5 Å². The van der Waals surface area contributed by atoms with Crippen molar-refractivity contribution in [2.45, 2.75) is 69.3 Å². The first-order valence-corrected chi connectivity index (χ1v) is 17.5. The molecule has 0 atom stereocenters. The van der Waals surface area contributed by atoms with Crippen molar-refractivity contribution in [1.82, 2.24) is 14.8 Å². The first kappa shape index (κ1) is 29.5. The van der Waals surface area contributed by atoms with E-state index in [1.54, 1.807) is 18.4 Å². The monoisotopic (exact) mass is 623 g/mol. The van der Waals surface area contributed by atoms with E-state index in [0.29, 0.717) is 28.7 Å². The maximum atomic E-state index is 15.0. The van der Waals surface area contributed by atoms with Crippen molar-refractivity contribution in [3.8, 4) is 22.1 Å². The Morgan fingerprint density at radius 2 is 1.91 bits per heavy atom. The van der Waals surface area contributed by atoms with E-state index in [2.05, 4.69) is 4.98 Å². The summed E-state index contributed by atoms with van der Waals surface area (Å²) in [6.07, 6.45) is 8.91. The number of esters is 1. The van der Waals surface area contributed by atoms with Gasteiger partial charge in [0.2, 0.25) is 5.13 Å². The topological polar surface area (TPSA) is 100 Å². The highest BCUT2D eigenvalue weighted by Gasteiger charge is 2.30. The molecule has 2 aromatic carbocycles. The number of aromatic nitrogens is 3. The van der Waals surface area contributed by atoms with Crippen molar-refractivity contribution in [2.75, 3.05) is 12.9 Å². The molecular weight excluding hydrogens is 590 g/mol. The van der Waals surface area contributed by atoms with Crippen LogP contribution in [0.3, 0.4) is 0 Å². The normalized spacial score (nSPS) is 15.6. The molecule has 0 amide bonds. The Morgan fingerprint density at radius 3 is 2.60 bits per heavy atom. The Labute approximate surface area is 254 Å². The fourth-order valence-corrected chi connectivity index (χ4v) is 7.10. The number of rotatable bonds is 11. The van der Waals surface area contributed by atoms with E-state index < -0.39 is 21.6 Å². The zero-order valence-corrected chi connectivity index (χ0v) is 25.8. The van der Waals surface area contributed by atoms with Crippen LogP contribution < -0.4 is 4.74 Å². The number of ether oxygens (including phenoxy) is 2. The third-order valence-electron chi connectivity index (χ3n) is 7.92. The van der Waals surface area contributed by atoms with Gasteiger partial charge in [0.05, 0.1) is 24.1 Å². The van der Waals surface area contributed by atoms with E-state index >= 15 is 0 Å². The Kier molecular flexibility index (Phi) is 8.37. The number of sulfone groups is 1. The number of benzene rings is 2. The molecule has 4 aromatic rings. The van der Waals surface area contributed by atoms with Crippen LogP contribution in [0.5, 0.6) is 5.75 Å². The van der Waals surface area contributed by atoms with Crippen molar-refractivity contribution in [2.24, 2.45) is 5.92 Å². The minimum absolute atomic E-state index is 0.200. The summed E-state index contributed by atoms with van der Waals surface area (Å²) in [5.74, 6) is 0.00663. The molecule has 0 spiro atoms. The summed E-state index contributed by atoms with van der Waals surface area (Å²) in [6, 6.07) is 12.2. The molecule has 226 valence electrons. The Balaban J connectivity index is 1.46. The lowest BCUT2D eigenvalue weighted by Crippen LogP contribution is -2.10. The van der Waals surface area contributed by atoms with Gasteiger partial charge in [-0.2, -0.15) is 5.10 Å². The minimum Gasteiger partial charge on any atom is -0.490 e. The molecule has 8 nitrogen and oxygen atoms in total. The first-order valence-electron chi connectivity index (χ1n) is 14.7.